The predicted octanol–water partition coefficient (Wildman–Crippen LogP) is 4.95. The first-order valence-electron chi connectivity index (χ1n) is 9.63. The van der Waals surface area contributed by atoms with Crippen LogP contribution in [0.1, 0.15) is 81.1 Å². The first kappa shape index (κ1) is 17.6. The molecule has 2 aromatic rings. The SMILES string of the molecule is O=C(NN=C1CCCCCCCCCCC1)c1n[nH]c2ccccc12. The summed E-state index contributed by atoms with van der Waals surface area (Å²) in [4.78, 5) is 12.4. The summed E-state index contributed by atoms with van der Waals surface area (Å²) in [6.45, 7) is 0. The third-order valence-electron chi connectivity index (χ3n) is 4.93. The normalized spacial score (nSPS) is 17.5. The van der Waals surface area contributed by atoms with Crippen LogP contribution in [0.25, 0.3) is 10.9 Å². The number of amides is 1. The zero-order valence-corrected chi connectivity index (χ0v) is 14.9. The second kappa shape index (κ2) is 9.35. The van der Waals surface area contributed by atoms with Crippen LogP contribution in [0.15, 0.2) is 29.4 Å². The number of aromatic amines is 1. The molecule has 0 aliphatic heterocycles. The lowest BCUT2D eigenvalue weighted by Gasteiger charge is -2.09. The maximum Gasteiger partial charge on any atom is 0.292 e. The molecule has 1 amide bonds. The van der Waals surface area contributed by atoms with E-state index in [0.29, 0.717) is 5.69 Å². The van der Waals surface area contributed by atoms with Crippen molar-refractivity contribution < 1.29 is 4.79 Å². The summed E-state index contributed by atoms with van der Waals surface area (Å²) in [5.41, 5.74) is 5.12. The molecule has 0 atom stereocenters. The number of nitrogens with one attached hydrogen (secondary N) is 2. The third-order valence-corrected chi connectivity index (χ3v) is 4.93. The molecule has 0 unspecified atom stereocenters. The Hall–Kier alpha value is -2.17. The van der Waals surface area contributed by atoms with Gasteiger partial charge in [0.25, 0.3) is 5.91 Å². The number of fused-ring (bicyclic) bond motifs is 1. The zero-order valence-electron chi connectivity index (χ0n) is 14.9. The lowest BCUT2D eigenvalue weighted by atomic mass is 10.00. The molecule has 1 fully saturated rings. The van der Waals surface area contributed by atoms with E-state index in [1.807, 2.05) is 24.3 Å². The highest BCUT2D eigenvalue weighted by molar-refractivity contribution is 6.04. The number of carbonyl (C=O) groups is 1. The van der Waals surface area contributed by atoms with Crippen molar-refractivity contribution in [3.05, 3.63) is 30.0 Å². The van der Waals surface area contributed by atoms with Crippen molar-refractivity contribution >= 4 is 22.5 Å². The monoisotopic (exact) mass is 340 g/mol. The van der Waals surface area contributed by atoms with Crippen molar-refractivity contribution in [3.63, 3.8) is 0 Å². The van der Waals surface area contributed by atoms with Crippen molar-refractivity contribution in [3.8, 4) is 0 Å². The highest BCUT2D eigenvalue weighted by atomic mass is 16.2. The van der Waals surface area contributed by atoms with Crippen molar-refractivity contribution in [2.24, 2.45) is 5.10 Å². The van der Waals surface area contributed by atoms with Gasteiger partial charge >= 0.3 is 0 Å². The first-order chi connectivity index (χ1) is 12.3. The van der Waals surface area contributed by atoms with Gasteiger partial charge in [-0.3, -0.25) is 9.89 Å². The molecule has 5 nitrogen and oxygen atoms in total. The van der Waals surface area contributed by atoms with E-state index in [-0.39, 0.29) is 5.91 Å². The fourth-order valence-electron chi connectivity index (χ4n) is 3.45. The van der Waals surface area contributed by atoms with Crippen LogP contribution in [-0.4, -0.2) is 21.8 Å². The van der Waals surface area contributed by atoms with Crippen molar-refractivity contribution in [1.82, 2.24) is 15.6 Å². The van der Waals surface area contributed by atoms with Crippen LogP contribution in [0.5, 0.6) is 0 Å². The van der Waals surface area contributed by atoms with E-state index in [2.05, 4.69) is 20.7 Å². The van der Waals surface area contributed by atoms with Gasteiger partial charge in [0.1, 0.15) is 0 Å². The Morgan fingerprint density at radius 3 is 2.20 bits per heavy atom. The summed E-state index contributed by atoms with van der Waals surface area (Å²) in [6, 6.07) is 7.65. The lowest BCUT2D eigenvalue weighted by molar-refractivity contribution is 0.0951. The average molecular weight is 340 g/mol. The summed E-state index contributed by atoms with van der Waals surface area (Å²) in [6.07, 6.45) is 13.6. The van der Waals surface area contributed by atoms with Gasteiger partial charge in [-0.05, 0) is 31.7 Å². The molecule has 1 aliphatic rings. The Morgan fingerprint density at radius 2 is 1.52 bits per heavy atom. The maximum absolute atomic E-state index is 12.4. The highest BCUT2D eigenvalue weighted by Gasteiger charge is 2.13. The number of benzene rings is 1. The van der Waals surface area contributed by atoms with E-state index in [0.717, 1.165) is 29.5 Å². The quantitative estimate of drug-likeness (QED) is 0.759. The molecule has 0 saturated heterocycles. The minimum absolute atomic E-state index is 0.240. The summed E-state index contributed by atoms with van der Waals surface area (Å²) >= 11 is 0. The van der Waals surface area contributed by atoms with Crippen molar-refractivity contribution in [2.45, 2.75) is 70.6 Å². The number of para-hydroxylation sites is 1. The number of rotatable bonds is 2. The molecule has 0 spiro atoms. The maximum atomic E-state index is 12.4. The fourth-order valence-corrected chi connectivity index (χ4v) is 3.45. The molecule has 1 saturated carbocycles. The van der Waals surface area contributed by atoms with Gasteiger partial charge in [-0.2, -0.15) is 10.2 Å². The Bertz CT molecular complexity index is 705. The fraction of sp³-hybridized carbons (Fsp3) is 0.550. The molecule has 0 bridgehead atoms. The Morgan fingerprint density at radius 1 is 0.920 bits per heavy atom. The van der Waals surface area contributed by atoms with E-state index in [9.17, 15) is 4.79 Å². The summed E-state index contributed by atoms with van der Waals surface area (Å²) in [5, 5.41) is 12.3. The second-order valence-electron chi connectivity index (χ2n) is 6.92. The molecular weight excluding hydrogens is 312 g/mol. The second-order valence-corrected chi connectivity index (χ2v) is 6.92. The van der Waals surface area contributed by atoms with E-state index in [1.165, 1.54) is 57.8 Å². The van der Waals surface area contributed by atoms with Crippen molar-refractivity contribution in [2.75, 3.05) is 0 Å². The number of aromatic nitrogens is 2. The Kier molecular flexibility index (Phi) is 6.60. The molecule has 25 heavy (non-hydrogen) atoms. The van der Waals surface area contributed by atoms with Gasteiger partial charge in [0, 0.05) is 11.1 Å². The summed E-state index contributed by atoms with van der Waals surface area (Å²) in [7, 11) is 0. The lowest BCUT2D eigenvalue weighted by Crippen LogP contribution is -2.20. The highest BCUT2D eigenvalue weighted by Crippen LogP contribution is 2.16. The predicted molar refractivity (Wildman–Crippen MR) is 102 cm³/mol. The summed E-state index contributed by atoms with van der Waals surface area (Å²) < 4.78 is 0. The minimum Gasteiger partial charge on any atom is -0.277 e. The van der Waals surface area contributed by atoms with Gasteiger partial charge in [-0.15, -0.1) is 0 Å². The van der Waals surface area contributed by atoms with Gasteiger partial charge in [-0.25, -0.2) is 5.43 Å². The van der Waals surface area contributed by atoms with Crippen molar-refractivity contribution in [1.29, 1.82) is 0 Å². The van der Waals surface area contributed by atoms with Crippen LogP contribution >= 0.6 is 0 Å². The van der Waals surface area contributed by atoms with E-state index in [4.69, 9.17) is 0 Å². The smallest absolute Gasteiger partial charge is 0.277 e. The molecule has 1 heterocycles. The van der Waals surface area contributed by atoms with E-state index in [1.54, 1.807) is 0 Å². The molecule has 3 rings (SSSR count). The molecule has 1 aromatic heterocycles. The number of nitrogens with zero attached hydrogens (tertiary/aromatic N) is 2. The zero-order chi connectivity index (χ0) is 17.3. The molecule has 2 N–H and O–H groups in total. The largest absolute Gasteiger partial charge is 0.292 e. The number of hydrogen-bond acceptors (Lipinski definition) is 3. The third kappa shape index (κ3) is 5.15. The number of hydrogen-bond donors (Lipinski definition) is 2. The van der Waals surface area contributed by atoms with E-state index >= 15 is 0 Å². The topological polar surface area (TPSA) is 70.1 Å². The molecular formula is C20H28N4O. The van der Waals surface area contributed by atoms with Crippen LogP contribution in [-0.2, 0) is 0 Å². The Balaban J connectivity index is 1.62. The van der Waals surface area contributed by atoms with Crippen LogP contribution in [0.2, 0.25) is 0 Å². The van der Waals surface area contributed by atoms with Gasteiger partial charge < -0.3 is 0 Å². The van der Waals surface area contributed by atoms with Gasteiger partial charge in [0.05, 0.1) is 5.52 Å². The number of hydrazone groups is 1. The first-order valence-corrected chi connectivity index (χ1v) is 9.63. The van der Waals surface area contributed by atoms with Gasteiger partial charge in [0.2, 0.25) is 0 Å². The molecule has 1 aliphatic carbocycles. The van der Waals surface area contributed by atoms with Crippen LogP contribution < -0.4 is 5.43 Å². The molecule has 5 heteroatoms. The Labute approximate surface area is 149 Å². The standard InChI is InChI=1S/C20H28N4O/c25-20(19-17-14-10-11-15-18(17)22-23-19)24-21-16-12-8-6-4-2-1-3-5-7-9-13-16/h10-11,14-15H,1-9,12-13H2,(H,22,23)(H,24,25). The summed E-state index contributed by atoms with van der Waals surface area (Å²) in [5.74, 6) is -0.240. The average Bonchev–Trinajstić information content (AvgIpc) is 3.05. The minimum atomic E-state index is -0.240. The number of H-pyrrole nitrogens is 1. The molecule has 134 valence electrons. The molecule has 1 aromatic carbocycles. The van der Waals surface area contributed by atoms with E-state index < -0.39 is 0 Å². The van der Waals surface area contributed by atoms with Gasteiger partial charge in [0.15, 0.2) is 5.69 Å². The van der Waals surface area contributed by atoms with Gasteiger partial charge in [-0.1, -0.05) is 63.1 Å². The van der Waals surface area contributed by atoms with Crippen LogP contribution in [0.3, 0.4) is 0 Å². The molecule has 0 radical (unpaired) electrons. The number of carbonyl (C=O) groups excluding carboxylic acids is 1. The van der Waals surface area contributed by atoms with Crippen LogP contribution in [0.4, 0.5) is 0 Å². The van der Waals surface area contributed by atoms with Crippen LogP contribution in [0, 0.1) is 0 Å².